The molecule has 2 amide bonds. The molecule has 0 bridgehead atoms. The van der Waals surface area contributed by atoms with Crippen LogP contribution >= 0.6 is 11.3 Å². The number of piperazine rings is 2. The highest BCUT2D eigenvalue weighted by atomic mass is 32.1. The second kappa shape index (κ2) is 7.63. The number of thiophene rings is 1. The van der Waals surface area contributed by atoms with Gasteiger partial charge < -0.3 is 16.0 Å². The number of nitrogens with zero attached hydrogens (tertiary/aromatic N) is 2. The summed E-state index contributed by atoms with van der Waals surface area (Å²) >= 11 is 1.79. The minimum atomic E-state index is -0.369. The van der Waals surface area contributed by atoms with Gasteiger partial charge in [-0.2, -0.15) is 0 Å². The molecule has 3 heterocycles. The zero-order valence-corrected chi connectivity index (χ0v) is 15.0. The minimum absolute atomic E-state index is 0.0144. The molecule has 132 valence electrons. The number of unbranched alkanes of at least 4 members (excludes halogenated alkanes) is 1. The van der Waals surface area contributed by atoms with E-state index in [0.717, 1.165) is 25.9 Å². The van der Waals surface area contributed by atoms with Gasteiger partial charge in [0.2, 0.25) is 11.8 Å². The maximum atomic E-state index is 12.6. The number of carbonyl (C=O) groups excluding carboxylic acids is 2. The van der Waals surface area contributed by atoms with E-state index in [1.54, 1.807) is 16.2 Å². The molecule has 2 aliphatic rings. The van der Waals surface area contributed by atoms with Gasteiger partial charge in [0, 0.05) is 35.9 Å². The van der Waals surface area contributed by atoms with Crippen molar-refractivity contribution < 1.29 is 9.59 Å². The van der Waals surface area contributed by atoms with Gasteiger partial charge in [-0.1, -0.05) is 0 Å². The maximum Gasteiger partial charge on any atom is 0.245 e. The van der Waals surface area contributed by atoms with Crippen LogP contribution in [0.2, 0.25) is 0 Å². The third kappa shape index (κ3) is 3.79. The van der Waals surface area contributed by atoms with Crippen LogP contribution in [0.4, 0.5) is 0 Å². The molecule has 1 aromatic rings. The highest BCUT2D eigenvalue weighted by Gasteiger charge is 2.42. The van der Waals surface area contributed by atoms with E-state index in [-0.39, 0.29) is 23.9 Å². The summed E-state index contributed by atoms with van der Waals surface area (Å²) in [5.74, 6) is 0.0580. The molecule has 0 unspecified atom stereocenters. The quantitative estimate of drug-likeness (QED) is 0.740. The molecule has 24 heavy (non-hydrogen) atoms. The lowest BCUT2D eigenvalue weighted by atomic mass is 10.00. The van der Waals surface area contributed by atoms with E-state index < -0.39 is 0 Å². The van der Waals surface area contributed by atoms with Crippen molar-refractivity contribution in [2.75, 3.05) is 26.2 Å². The van der Waals surface area contributed by atoms with Crippen LogP contribution in [-0.4, -0.2) is 59.9 Å². The summed E-state index contributed by atoms with van der Waals surface area (Å²) < 4.78 is 0. The highest BCUT2D eigenvalue weighted by molar-refractivity contribution is 7.11. The van der Waals surface area contributed by atoms with Crippen molar-refractivity contribution in [2.24, 2.45) is 5.73 Å². The van der Waals surface area contributed by atoms with Gasteiger partial charge in [-0.3, -0.25) is 14.5 Å². The Balaban J connectivity index is 1.59. The predicted octanol–water partition coefficient (Wildman–Crippen LogP) is 0.697. The SMILES string of the molecule is Cc1ccc(CN2CCN3C(=O)[C@H](CCCCN)NC(=O)[C@H]3C2)s1. The van der Waals surface area contributed by atoms with E-state index in [4.69, 9.17) is 5.73 Å². The lowest BCUT2D eigenvalue weighted by molar-refractivity contribution is -0.153. The number of hydrogen-bond donors (Lipinski definition) is 2. The van der Waals surface area contributed by atoms with Gasteiger partial charge in [-0.25, -0.2) is 0 Å². The third-order valence-electron chi connectivity index (χ3n) is 4.79. The smallest absolute Gasteiger partial charge is 0.245 e. The van der Waals surface area contributed by atoms with E-state index in [9.17, 15) is 9.59 Å². The van der Waals surface area contributed by atoms with Crippen LogP contribution in [0.1, 0.15) is 29.0 Å². The molecule has 3 rings (SSSR count). The van der Waals surface area contributed by atoms with Gasteiger partial charge in [0.15, 0.2) is 0 Å². The van der Waals surface area contributed by atoms with Gasteiger partial charge in [0.05, 0.1) is 0 Å². The molecule has 0 spiro atoms. The molecule has 1 aromatic heterocycles. The summed E-state index contributed by atoms with van der Waals surface area (Å²) in [4.78, 5) is 31.8. The second-order valence-electron chi connectivity index (χ2n) is 6.64. The van der Waals surface area contributed by atoms with E-state index >= 15 is 0 Å². The van der Waals surface area contributed by atoms with Gasteiger partial charge in [-0.15, -0.1) is 11.3 Å². The molecular weight excluding hydrogens is 324 g/mol. The van der Waals surface area contributed by atoms with Crippen molar-refractivity contribution in [1.82, 2.24) is 15.1 Å². The standard InChI is InChI=1S/C17H26N4O2S/c1-12-5-6-13(24-12)10-20-8-9-21-15(11-20)16(22)19-14(17(21)23)4-2-3-7-18/h5-6,14-15H,2-4,7-11,18H2,1H3,(H,19,22)/t14-,15+/m0/s1. The Kier molecular flexibility index (Phi) is 5.53. The number of aryl methyl sites for hydroxylation is 1. The largest absolute Gasteiger partial charge is 0.342 e. The summed E-state index contributed by atoms with van der Waals surface area (Å²) in [7, 11) is 0. The van der Waals surface area contributed by atoms with E-state index in [1.807, 2.05) is 0 Å². The zero-order chi connectivity index (χ0) is 17.1. The molecule has 0 radical (unpaired) electrons. The third-order valence-corrected chi connectivity index (χ3v) is 5.77. The summed E-state index contributed by atoms with van der Waals surface area (Å²) in [6.07, 6.45) is 2.44. The Morgan fingerprint density at radius 3 is 2.83 bits per heavy atom. The van der Waals surface area contributed by atoms with Crippen molar-refractivity contribution in [1.29, 1.82) is 0 Å². The monoisotopic (exact) mass is 350 g/mol. The molecule has 7 heteroatoms. The van der Waals surface area contributed by atoms with Crippen LogP contribution in [-0.2, 0) is 16.1 Å². The first-order valence-corrected chi connectivity index (χ1v) is 9.48. The van der Waals surface area contributed by atoms with Crippen LogP contribution in [0.3, 0.4) is 0 Å². The lowest BCUT2D eigenvalue weighted by Crippen LogP contribution is -2.69. The Bertz CT molecular complexity index is 603. The molecular formula is C17H26N4O2S. The van der Waals surface area contributed by atoms with Crippen LogP contribution in [0.25, 0.3) is 0 Å². The van der Waals surface area contributed by atoms with Crippen LogP contribution in [0, 0.1) is 6.92 Å². The zero-order valence-electron chi connectivity index (χ0n) is 14.2. The molecule has 2 saturated heterocycles. The van der Waals surface area contributed by atoms with Gasteiger partial charge >= 0.3 is 0 Å². The van der Waals surface area contributed by atoms with Crippen molar-refractivity contribution in [3.8, 4) is 0 Å². The molecule has 2 aliphatic heterocycles. The van der Waals surface area contributed by atoms with Crippen molar-refractivity contribution >= 4 is 23.2 Å². The number of nitrogens with two attached hydrogens (primary N) is 1. The first-order valence-electron chi connectivity index (χ1n) is 8.67. The Hall–Kier alpha value is -1.44. The number of nitrogens with one attached hydrogen (secondary N) is 1. The van der Waals surface area contributed by atoms with Crippen molar-refractivity contribution in [3.63, 3.8) is 0 Å². The first kappa shape index (κ1) is 17.4. The topological polar surface area (TPSA) is 78.7 Å². The van der Waals surface area contributed by atoms with Crippen LogP contribution in [0.15, 0.2) is 12.1 Å². The predicted molar refractivity (Wildman–Crippen MR) is 94.7 cm³/mol. The fourth-order valence-electron chi connectivity index (χ4n) is 3.48. The van der Waals surface area contributed by atoms with Crippen LogP contribution in [0.5, 0.6) is 0 Å². The van der Waals surface area contributed by atoms with Gasteiger partial charge in [0.1, 0.15) is 12.1 Å². The van der Waals surface area contributed by atoms with E-state index in [2.05, 4.69) is 29.3 Å². The van der Waals surface area contributed by atoms with Crippen molar-refractivity contribution in [2.45, 2.75) is 44.8 Å². The molecule has 3 N–H and O–H groups in total. The summed E-state index contributed by atoms with van der Waals surface area (Å²) in [5.41, 5.74) is 5.50. The number of carbonyl (C=O) groups is 2. The molecule has 2 atom stereocenters. The summed E-state index contributed by atoms with van der Waals surface area (Å²) in [6.45, 7) is 5.65. The van der Waals surface area contributed by atoms with Gasteiger partial charge in [0.25, 0.3) is 0 Å². The van der Waals surface area contributed by atoms with Gasteiger partial charge in [-0.05, 0) is 44.9 Å². The van der Waals surface area contributed by atoms with E-state index in [0.29, 0.717) is 26.1 Å². The minimum Gasteiger partial charge on any atom is -0.342 e. The molecule has 0 aliphatic carbocycles. The first-order chi connectivity index (χ1) is 11.6. The Morgan fingerprint density at radius 2 is 2.12 bits per heavy atom. The highest BCUT2D eigenvalue weighted by Crippen LogP contribution is 2.22. The molecule has 0 saturated carbocycles. The molecule has 6 nitrogen and oxygen atoms in total. The average Bonchev–Trinajstić information content (AvgIpc) is 2.97. The Morgan fingerprint density at radius 1 is 1.29 bits per heavy atom. The summed E-state index contributed by atoms with van der Waals surface area (Å²) in [5, 5.41) is 2.92. The number of amides is 2. The number of hydrogen-bond acceptors (Lipinski definition) is 5. The maximum absolute atomic E-state index is 12.6. The fraction of sp³-hybridized carbons (Fsp3) is 0.647. The average molecular weight is 350 g/mol. The normalized spacial score (nSPS) is 24.8. The molecule has 0 aromatic carbocycles. The number of fused-ring (bicyclic) bond motifs is 1. The lowest BCUT2D eigenvalue weighted by Gasteiger charge is -2.45. The van der Waals surface area contributed by atoms with Crippen LogP contribution < -0.4 is 11.1 Å². The fourth-order valence-corrected chi connectivity index (χ4v) is 4.41. The molecule has 2 fully saturated rings. The van der Waals surface area contributed by atoms with Crippen molar-refractivity contribution in [3.05, 3.63) is 21.9 Å². The summed E-state index contributed by atoms with van der Waals surface area (Å²) in [6, 6.07) is 3.55. The number of rotatable bonds is 6. The second-order valence-corrected chi connectivity index (χ2v) is 8.01. The Labute approximate surface area is 147 Å². The van der Waals surface area contributed by atoms with E-state index in [1.165, 1.54) is 9.75 Å².